The highest BCUT2D eigenvalue weighted by molar-refractivity contribution is 9.10. The molecule has 0 aromatic heterocycles. The van der Waals surface area contributed by atoms with E-state index in [1.807, 2.05) is 13.0 Å². The van der Waals surface area contributed by atoms with Crippen LogP contribution in [0.25, 0.3) is 0 Å². The number of benzene rings is 1. The van der Waals surface area contributed by atoms with Crippen molar-refractivity contribution in [3.05, 3.63) is 35.4 Å². The first kappa shape index (κ1) is 17.2. The Hall–Kier alpha value is -0.870. The first-order valence-electron chi connectivity index (χ1n) is 7.33. The average Bonchev–Trinajstić information content (AvgIpc) is 2.50. The monoisotopic (exact) mass is 340 g/mol. The molecule has 112 valence electrons. The van der Waals surface area contributed by atoms with E-state index in [2.05, 4.69) is 58.2 Å². The molecule has 0 heterocycles. The smallest absolute Gasteiger partial charge is 0.234 e. The van der Waals surface area contributed by atoms with Gasteiger partial charge in [0.05, 0.1) is 4.83 Å². The fraction of sp³-hybridized carbons (Fsp3) is 0.562. The van der Waals surface area contributed by atoms with Gasteiger partial charge in [0.2, 0.25) is 5.91 Å². The number of rotatable bonds is 8. The fourth-order valence-corrected chi connectivity index (χ4v) is 2.21. The number of hydrogen-bond donors (Lipinski definition) is 1. The molecule has 0 spiro atoms. The van der Waals surface area contributed by atoms with Gasteiger partial charge in [0, 0.05) is 13.1 Å². The van der Waals surface area contributed by atoms with Crippen molar-refractivity contribution in [3.8, 4) is 0 Å². The van der Waals surface area contributed by atoms with Crippen LogP contribution in [0.3, 0.4) is 0 Å². The standard InChI is InChI=1S/C16H25BrN2O/c1-4-15(17)16(20)18-11-13-9-7-8-10-14(13)12-19(5-2)6-3/h7-10,15H,4-6,11-12H2,1-3H3,(H,18,20). The minimum atomic E-state index is -0.0996. The Kier molecular flexibility index (Phi) is 7.85. The number of halogens is 1. The topological polar surface area (TPSA) is 32.3 Å². The van der Waals surface area contributed by atoms with Crippen molar-refractivity contribution in [2.75, 3.05) is 13.1 Å². The van der Waals surface area contributed by atoms with Crippen molar-refractivity contribution in [2.45, 2.75) is 45.1 Å². The third kappa shape index (κ3) is 5.25. The second-order valence-electron chi connectivity index (χ2n) is 4.82. The summed E-state index contributed by atoms with van der Waals surface area (Å²) in [6.07, 6.45) is 0.799. The Morgan fingerprint density at radius 2 is 1.80 bits per heavy atom. The van der Waals surface area contributed by atoms with Gasteiger partial charge in [0.25, 0.3) is 0 Å². The van der Waals surface area contributed by atoms with Gasteiger partial charge in [-0.25, -0.2) is 0 Å². The number of alkyl halides is 1. The normalized spacial score (nSPS) is 12.4. The molecule has 20 heavy (non-hydrogen) atoms. The summed E-state index contributed by atoms with van der Waals surface area (Å²) < 4.78 is 0. The number of carbonyl (C=O) groups is 1. The van der Waals surface area contributed by atoms with Crippen LogP contribution in [-0.4, -0.2) is 28.7 Å². The molecule has 0 aliphatic carbocycles. The highest BCUT2D eigenvalue weighted by Crippen LogP contribution is 2.12. The predicted molar refractivity (Wildman–Crippen MR) is 87.9 cm³/mol. The highest BCUT2D eigenvalue weighted by atomic mass is 79.9. The minimum Gasteiger partial charge on any atom is -0.351 e. The Balaban J connectivity index is 2.68. The summed E-state index contributed by atoms with van der Waals surface area (Å²) in [6, 6.07) is 8.32. The molecule has 4 heteroatoms. The lowest BCUT2D eigenvalue weighted by Crippen LogP contribution is -2.31. The van der Waals surface area contributed by atoms with Crippen LogP contribution in [-0.2, 0) is 17.9 Å². The van der Waals surface area contributed by atoms with E-state index in [4.69, 9.17) is 0 Å². The maximum Gasteiger partial charge on any atom is 0.234 e. The second kappa shape index (κ2) is 9.14. The van der Waals surface area contributed by atoms with Crippen LogP contribution in [0.4, 0.5) is 0 Å². The summed E-state index contributed by atoms with van der Waals surface area (Å²) in [6.45, 7) is 9.94. The average molecular weight is 341 g/mol. The van der Waals surface area contributed by atoms with Gasteiger partial charge < -0.3 is 5.32 Å². The summed E-state index contributed by atoms with van der Waals surface area (Å²) in [5.41, 5.74) is 2.49. The molecule has 0 fully saturated rings. The van der Waals surface area contributed by atoms with Gasteiger partial charge in [-0.05, 0) is 30.6 Å². The van der Waals surface area contributed by atoms with E-state index in [0.29, 0.717) is 6.54 Å². The van der Waals surface area contributed by atoms with Crippen LogP contribution in [0.2, 0.25) is 0 Å². The zero-order valence-corrected chi connectivity index (χ0v) is 14.2. The second-order valence-corrected chi connectivity index (χ2v) is 5.93. The molecule has 0 bridgehead atoms. The molecule has 0 aliphatic rings. The van der Waals surface area contributed by atoms with Crippen molar-refractivity contribution in [3.63, 3.8) is 0 Å². The lowest BCUT2D eigenvalue weighted by molar-refractivity contribution is -0.120. The summed E-state index contributed by atoms with van der Waals surface area (Å²) in [4.78, 5) is 14.1. The molecule has 1 aromatic carbocycles. The molecular formula is C16H25BrN2O. The number of nitrogens with one attached hydrogen (secondary N) is 1. The SMILES string of the molecule is CCC(Br)C(=O)NCc1ccccc1CN(CC)CC. The van der Waals surface area contributed by atoms with E-state index >= 15 is 0 Å². The van der Waals surface area contributed by atoms with Crippen molar-refractivity contribution in [1.29, 1.82) is 0 Å². The molecule has 1 atom stereocenters. The Morgan fingerprint density at radius 1 is 1.20 bits per heavy atom. The minimum absolute atomic E-state index is 0.0603. The quantitative estimate of drug-likeness (QED) is 0.736. The van der Waals surface area contributed by atoms with Crippen molar-refractivity contribution in [2.24, 2.45) is 0 Å². The van der Waals surface area contributed by atoms with Crippen LogP contribution in [0.15, 0.2) is 24.3 Å². The molecule has 3 nitrogen and oxygen atoms in total. The summed E-state index contributed by atoms with van der Waals surface area (Å²) >= 11 is 3.38. The lowest BCUT2D eigenvalue weighted by Gasteiger charge is -2.20. The Labute approximate surface area is 130 Å². The van der Waals surface area contributed by atoms with Crippen LogP contribution >= 0.6 is 15.9 Å². The largest absolute Gasteiger partial charge is 0.351 e. The number of hydrogen-bond acceptors (Lipinski definition) is 2. The zero-order valence-electron chi connectivity index (χ0n) is 12.7. The molecule has 1 rings (SSSR count). The van der Waals surface area contributed by atoms with Gasteiger partial charge in [-0.1, -0.05) is 61.0 Å². The van der Waals surface area contributed by atoms with Gasteiger partial charge >= 0.3 is 0 Å². The zero-order chi connectivity index (χ0) is 15.0. The third-order valence-electron chi connectivity index (χ3n) is 3.50. The third-order valence-corrected chi connectivity index (χ3v) is 4.57. The van der Waals surface area contributed by atoms with Crippen LogP contribution in [0.5, 0.6) is 0 Å². The molecule has 0 aliphatic heterocycles. The first-order valence-corrected chi connectivity index (χ1v) is 8.24. The number of nitrogens with zero attached hydrogens (tertiary/aromatic N) is 1. The van der Waals surface area contributed by atoms with Crippen LogP contribution < -0.4 is 5.32 Å². The van der Waals surface area contributed by atoms with E-state index in [1.165, 1.54) is 11.1 Å². The molecule has 1 N–H and O–H groups in total. The van der Waals surface area contributed by atoms with Gasteiger partial charge in [-0.3, -0.25) is 9.69 Å². The summed E-state index contributed by atoms with van der Waals surface area (Å²) in [5, 5.41) is 2.99. The molecule has 0 radical (unpaired) electrons. The first-order chi connectivity index (χ1) is 9.62. The number of amides is 1. The van der Waals surface area contributed by atoms with Crippen molar-refractivity contribution >= 4 is 21.8 Å². The maximum atomic E-state index is 11.8. The van der Waals surface area contributed by atoms with Gasteiger partial charge in [0.1, 0.15) is 0 Å². The van der Waals surface area contributed by atoms with E-state index < -0.39 is 0 Å². The van der Waals surface area contributed by atoms with Gasteiger partial charge in [0.15, 0.2) is 0 Å². The molecule has 1 aromatic rings. The Bertz CT molecular complexity index is 419. The van der Waals surface area contributed by atoms with Gasteiger partial charge in [-0.15, -0.1) is 0 Å². The summed E-state index contributed by atoms with van der Waals surface area (Å²) in [7, 11) is 0. The molecular weight excluding hydrogens is 316 g/mol. The van der Waals surface area contributed by atoms with Crippen LogP contribution in [0, 0.1) is 0 Å². The lowest BCUT2D eigenvalue weighted by atomic mass is 10.1. The predicted octanol–water partition coefficient (Wildman–Crippen LogP) is 3.32. The maximum absolute atomic E-state index is 11.8. The van der Waals surface area contributed by atoms with E-state index in [0.717, 1.165) is 26.1 Å². The van der Waals surface area contributed by atoms with E-state index in [9.17, 15) is 4.79 Å². The van der Waals surface area contributed by atoms with Crippen LogP contribution in [0.1, 0.15) is 38.3 Å². The molecule has 1 unspecified atom stereocenters. The Morgan fingerprint density at radius 3 is 2.35 bits per heavy atom. The van der Waals surface area contributed by atoms with Crippen molar-refractivity contribution < 1.29 is 4.79 Å². The molecule has 1 amide bonds. The van der Waals surface area contributed by atoms with E-state index in [-0.39, 0.29) is 10.7 Å². The number of carbonyl (C=O) groups excluding carboxylic acids is 1. The van der Waals surface area contributed by atoms with E-state index in [1.54, 1.807) is 0 Å². The fourth-order valence-electron chi connectivity index (χ4n) is 2.05. The highest BCUT2D eigenvalue weighted by Gasteiger charge is 2.12. The molecule has 0 saturated carbocycles. The summed E-state index contributed by atoms with van der Waals surface area (Å²) in [5.74, 6) is 0.0603. The van der Waals surface area contributed by atoms with Gasteiger partial charge in [-0.2, -0.15) is 0 Å². The van der Waals surface area contributed by atoms with Crippen molar-refractivity contribution in [1.82, 2.24) is 10.2 Å². The molecule has 0 saturated heterocycles.